The maximum Gasteiger partial charge on any atom is 0.233 e. The average Bonchev–Trinajstić information content (AvgIpc) is 3.16. The molecule has 1 aliphatic heterocycles. The lowest BCUT2D eigenvalue weighted by molar-refractivity contribution is -0.130. The van der Waals surface area contributed by atoms with E-state index >= 15 is 0 Å². The van der Waals surface area contributed by atoms with Crippen LogP contribution in [0.5, 0.6) is 0 Å². The number of hydrogen-bond donors (Lipinski definition) is 0. The van der Waals surface area contributed by atoms with E-state index in [1.54, 1.807) is 16.2 Å². The Morgan fingerprint density at radius 1 is 1.46 bits per heavy atom. The minimum absolute atomic E-state index is 0.0223. The molecule has 1 aliphatic rings. The molecule has 1 fully saturated rings. The molecule has 2 aromatic heterocycles. The summed E-state index contributed by atoms with van der Waals surface area (Å²) in [6.45, 7) is 2.59. The molecule has 0 radical (unpaired) electrons. The van der Waals surface area contributed by atoms with Crippen LogP contribution in [0.2, 0.25) is 0 Å². The van der Waals surface area contributed by atoms with Crippen molar-refractivity contribution in [2.45, 2.75) is 30.8 Å². The highest BCUT2D eigenvalue weighted by atomic mass is 32.2. The normalized spacial score (nSPS) is 19.6. The highest BCUT2D eigenvalue weighted by Crippen LogP contribution is 2.28. The highest BCUT2D eigenvalue weighted by Gasteiger charge is 2.34. The molecule has 0 unspecified atom stereocenters. The maximum absolute atomic E-state index is 12.6. The molecule has 1 atom stereocenters. The first kappa shape index (κ1) is 17.6. The first-order chi connectivity index (χ1) is 11.5. The topological polar surface area (TPSA) is 80.2 Å². The van der Waals surface area contributed by atoms with E-state index < -0.39 is 9.84 Å². The summed E-state index contributed by atoms with van der Waals surface area (Å²) < 4.78 is 23.4. The van der Waals surface area contributed by atoms with E-state index in [4.69, 9.17) is 0 Å². The van der Waals surface area contributed by atoms with E-state index in [0.29, 0.717) is 13.0 Å². The van der Waals surface area contributed by atoms with Crippen molar-refractivity contribution in [1.82, 2.24) is 14.9 Å². The largest absolute Gasteiger partial charge is 0.338 e. The van der Waals surface area contributed by atoms with E-state index in [9.17, 15) is 13.2 Å². The lowest BCUT2D eigenvalue weighted by Crippen LogP contribution is -2.42. The van der Waals surface area contributed by atoms with Crippen molar-refractivity contribution in [2.75, 3.05) is 23.8 Å². The van der Waals surface area contributed by atoms with Gasteiger partial charge in [-0.3, -0.25) is 4.79 Å². The van der Waals surface area contributed by atoms with Crippen LogP contribution < -0.4 is 0 Å². The summed E-state index contributed by atoms with van der Waals surface area (Å²) in [7, 11) is -3.00. The van der Waals surface area contributed by atoms with Crippen molar-refractivity contribution in [3.05, 3.63) is 17.8 Å². The van der Waals surface area contributed by atoms with Gasteiger partial charge in [-0.2, -0.15) is 0 Å². The van der Waals surface area contributed by atoms with Gasteiger partial charge in [0.2, 0.25) is 5.91 Å². The maximum atomic E-state index is 12.6. The molecule has 1 saturated heterocycles. The Balaban J connectivity index is 1.69. The SMILES string of the molecule is CCCN(C(=O)CSc1ncnc2sccc12)[C@H]1CCS(=O)(=O)C1. The number of carbonyl (C=O) groups is 1. The van der Waals surface area contributed by atoms with Crippen LogP contribution in [0.1, 0.15) is 19.8 Å². The number of fused-ring (bicyclic) bond motifs is 1. The predicted octanol–water partition coefficient (Wildman–Crippen LogP) is 2.21. The Labute approximate surface area is 149 Å². The average molecular weight is 386 g/mol. The van der Waals surface area contributed by atoms with Gasteiger partial charge in [-0.1, -0.05) is 18.7 Å². The molecule has 0 N–H and O–H groups in total. The van der Waals surface area contributed by atoms with Gasteiger partial charge in [-0.25, -0.2) is 18.4 Å². The second kappa shape index (κ2) is 7.37. The number of aromatic nitrogens is 2. The molecule has 3 rings (SSSR count). The van der Waals surface area contributed by atoms with Crippen LogP contribution in [0, 0.1) is 0 Å². The fourth-order valence-corrected chi connectivity index (χ4v) is 6.26. The van der Waals surface area contributed by atoms with Gasteiger partial charge in [-0.05, 0) is 24.3 Å². The van der Waals surface area contributed by atoms with Crippen molar-refractivity contribution in [3.8, 4) is 0 Å². The molecule has 1 amide bonds. The Morgan fingerprint density at radius 3 is 3.00 bits per heavy atom. The Kier molecular flexibility index (Phi) is 5.41. The minimum atomic E-state index is -3.00. The molecular formula is C15H19N3O3S3. The standard InChI is InChI=1S/C15H19N3O3S3/c1-2-5-18(11-4-7-24(20,21)9-11)13(19)8-23-15-12-3-6-22-14(12)16-10-17-15/h3,6,10-11H,2,4-5,7-9H2,1H3/t11-/m0/s1. The molecule has 9 heteroatoms. The van der Waals surface area contributed by atoms with Gasteiger partial charge in [-0.15, -0.1) is 11.3 Å². The third-order valence-electron chi connectivity index (χ3n) is 3.99. The quantitative estimate of drug-likeness (QED) is 0.560. The first-order valence-electron chi connectivity index (χ1n) is 7.81. The predicted molar refractivity (Wildman–Crippen MR) is 97.2 cm³/mol. The van der Waals surface area contributed by atoms with E-state index in [1.807, 2.05) is 18.4 Å². The smallest absolute Gasteiger partial charge is 0.233 e. The second-order valence-electron chi connectivity index (χ2n) is 5.75. The summed E-state index contributed by atoms with van der Waals surface area (Å²) in [6.07, 6.45) is 2.87. The van der Waals surface area contributed by atoms with Crippen LogP contribution >= 0.6 is 23.1 Å². The van der Waals surface area contributed by atoms with Crippen molar-refractivity contribution < 1.29 is 13.2 Å². The van der Waals surface area contributed by atoms with Gasteiger partial charge in [0.05, 0.1) is 17.3 Å². The molecule has 0 aliphatic carbocycles. The van der Waals surface area contributed by atoms with Gasteiger partial charge in [0, 0.05) is 18.0 Å². The van der Waals surface area contributed by atoms with E-state index in [1.165, 1.54) is 18.1 Å². The van der Waals surface area contributed by atoms with E-state index in [2.05, 4.69) is 9.97 Å². The minimum Gasteiger partial charge on any atom is -0.338 e. The van der Waals surface area contributed by atoms with Crippen LogP contribution in [-0.2, 0) is 14.6 Å². The van der Waals surface area contributed by atoms with Crippen molar-refractivity contribution in [2.24, 2.45) is 0 Å². The third-order valence-corrected chi connectivity index (χ3v) is 7.55. The first-order valence-corrected chi connectivity index (χ1v) is 11.5. The molecule has 0 bridgehead atoms. The number of rotatable bonds is 6. The molecule has 0 aromatic carbocycles. The zero-order chi connectivity index (χ0) is 17.2. The molecule has 130 valence electrons. The van der Waals surface area contributed by atoms with Gasteiger partial charge < -0.3 is 4.90 Å². The zero-order valence-electron chi connectivity index (χ0n) is 13.3. The van der Waals surface area contributed by atoms with Gasteiger partial charge in [0.1, 0.15) is 16.2 Å². The number of nitrogens with zero attached hydrogens (tertiary/aromatic N) is 3. The second-order valence-corrected chi connectivity index (χ2v) is 9.84. The van der Waals surface area contributed by atoms with Crippen LogP contribution in [0.3, 0.4) is 0 Å². The highest BCUT2D eigenvalue weighted by molar-refractivity contribution is 8.00. The summed E-state index contributed by atoms with van der Waals surface area (Å²) in [6, 6.07) is 1.77. The zero-order valence-corrected chi connectivity index (χ0v) is 15.8. The summed E-state index contributed by atoms with van der Waals surface area (Å²) in [5, 5.41) is 3.72. The molecule has 0 spiro atoms. The lowest BCUT2D eigenvalue weighted by atomic mass is 10.2. The summed E-state index contributed by atoms with van der Waals surface area (Å²) >= 11 is 2.93. The van der Waals surface area contributed by atoms with Gasteiger partial charge in [0.15, 0.2) is 9.84 Å². The lowest BCUT2D eigenvalue weighted by Gasteiger charge is -2.27. The molecule has 2 aromatic rings. The number of thiophene rings is 1. The van der Waals surface area contributed by atoms with Crippen LogP contribution in [0.25, 0.3) is 10.2 Å². The number of amides is 1. The Hall–Kier alpha value is -1.19. The van der Waals surface area contributed by atoms with Crippen molar-refractivity contribution >= 4 is 49.1 Å². The van der Waals surface area contributed by atoms with Crippen molar-refractivity contribution in [3.63, 3.8) is 0 Å². The van der Waals surface area contributed by atoms with Crippen molar-refractivity contribution in [1.29, 1.82) is 0 Å². The number of sulfone groups is 1. The fraction of sp³-hybridized carbons (Fsp3) is 0.533. The van der Waals surface area contributed by atoms with Crippen LogP contribution in [0.15, 0.2) is 22.8 Å². The number of hydrogen-bond acceptors (Lipinski definition) is 7. The molecule has 24 heavy (non-hydrogen) atoms. The van der Waals surface area contributed by atoms with Gasteiger partial charge >= 0.3 is 0 Å². The summed E-state index contributed by atoms with van der Waals surface area (Å²) in [5.74, 6) is 0.509. The van der Waals surface area contributed by atoms with Crippen LogP contribution in [-0.4, -0.2) is 59.0 Å². The summed E-state index contributed by atoms with van der Waals surface area (Å²) in [5.41, 5.74) is 0. The van der Waals surface area contributed by atoms with Crippen LogP contribution in [0.4, 0.5) is 0 Å². The fourth-order valence-electron chi connectivity index (χ4n) is 2.87. The number of carbonyl (C=O) groups excluding carboxylic acids is 1. The molecule has 6 nitrogen and oxygen atoms in total. The van der Waals surface area contributed by atoms with Gasteiger partial charge in [0.25, 0.3) is 0 Å². The summed E-state index contributed by atoms with van der Waals surface area (Å²) in [4.78, 5) is 23.8. The Bertz CT molecular complexity index is 835. The monoisotopic (exact) mass is 385 g/mol. The Morgan fingerprint density at radius 2 is 2.29 bits per heavy atom. The van der Waals surface area contributed by atoms with E-state index in [0.717, 1.165) is 21.7 Å². The molecular weight excluding hydrogens is 366 g/mol. The van der Waals surface area contributed by atoms with E-state index in [-0.39, 0.29) is 29.2 Å². The molecule has 3 heterocycles. The third kappa shape index (κ3) is 3.89. The molecule has 0 saturated carbocycles. The number of thioether (sulfide) groups is 1.